The number of carbonyl (C=O) groups is 3. The van der Waals surface area contributed by atoms with Crippen LogP contribution in [0.2, 0.25) is 0 Å². The molecule has 0 atom stereocenters. The second-order valence-electron chi connectivity index (χ2n) is 4.44. The summed E-state index contributed by atoms with van der Waals surface area (Å²) in [4.78, 5) is 33.5. The Balaban J connectivity index is 0. The Morgan fingerprint density at radius 2 is 1.38 bits per heavy atom. The molecule has 0 bridgehead atoms. The summed E-state index contributed by atoms with van der Waals surface area (Å²) in [5.74, 6) is -0.355. The van der Waals surface area contributed by atoms with E-state index in [1.807, 2.05) is 13.8 Å². The quantitative estimate of drug-likeness (QED) is 0.438. The second-order valence-corrected chi connectivity index (χ2v) is 4.44. The van der Waals surface area contributed by atoms with Gasteiger partial charge < -0.3 is 24.8 Å². The number of ketones is 1. The lowest BCUT2D eigenvalue weighted by Gasteiger charge is -2.07. The first kappa shape index (κ1) is 24.7. The molecule has 2 amide bonds. The Kier molecular flexibility index (Phi) is 20.1. The molecule has 142 valence electrons. The molecule has 0 radical (unpaired) electrons. The minimum atomic E-state index is -0.267. The van der Waals surface area contributed by atoms with Crippen LogP contribution in [0.4, 0.5) is 0 Å². The maximum atomic E-state index is 11.4. The summed E-state index contributed by atoms with van der Waals surface area (Å²) in [6.45, 7) is 7.35. The molecule has 0 unspecified atom stereocenters. The Bertz CT molecular complexity index is 337. The van der Waals surface area contributed by atoms with E-state index in [9.17, 15) is 14.4 Å². The van der Waals surface area contributed by atoms with Crippen molar-refractivity contribution in [2.45, 2.75) is 33.6 Å². The number of nitrogens with one attached hydrogen (secondary N) is 2. The molecule has 0 aliphatic rings. The zero-order valence-electron chi connectivity index (χ0n) is 15.3. The van der Waals surface area contributed by atoms with E-state index in [1.54, 1.807) is 6.92 Å². The van der Waals surface area contributed by atoms with Crippen LogP contribution in [0.5, 0.6) is 0 Å². The van der Waals surface area contributed by atoms with E-state index in [0.29, 0.717) is 32.5 Å². The molecular weight excluding hydrogens is 316 g/mol. The zero-order valence-corrected chi connectivity index (χ0v) is 15.3. The van der Waals surface area contributed by atoms with Crippen LogP contribution >= 0.6 is 0 Å². The van der Waals surface area contributed by atoms with Gasteiger partial charge >= 0.3 is 0 Å². The van der Waals surface area contributed by atoms with Gasteiger partial charge in [0.2, 0.25) is 11.8 Å². The fraction of sp³-hybridized carbons (Fsp3) is 0.812. The monoisotopic (exact) mass is 348 g/mol. The highest BCUT2D eigenvalue weighted by molar-refractivity contribution is 5.79. The fourth-order valence-electron chi connectivity index (χ4n) is 1.31. The summed E-state index contributed by atoms with van der Waals surface area (Å²) in [6.07, 6.45) is 0.750. The standard InChI is InChI=1S/C14H26N2O6.C2H6/c1-3-12(17)10-21-8-6-16-14(19)11-22-9-5-15-13(18)4-7-20-2;1-2/h3-11H2,1-2H3,(H,15,18)(H,16,19);1-2H3. The molecule has 0 aromatic rings. The smallest absolute Gasteiger partial charge is 0.246 e. The molecule has 8 nitrogen and oxygen atoms in total. The third-order valence-electron chi connectivity index (χ3n) is 2.56. The van der Waals surface area contributed by atoms with Gasteiger partial charge in [0, 0.05) is 33.0 Å². The van der Waals surface area contributed by atoms with Crippen molar-refractivity contribution in [3.63, 3.8) is 0 Å². The Hall–Kier alpha value is -1.51. The van der Waals surface area contributed by atoms with Gasteiger partial charge in [0.1, 0.15) is 13.2 Å². The van der Waals surface area contributed by atoms with Gasteiger partial charge in [-0.3, -0.25) is 14.4 Å². The summed E-state index contributed by atoms with van der Waals surface area (Å²) in [5, 5.41) is 5.24. The van der Waals surface area contributed by atoms with Crippen molar-refractivity contribution in [2.75, 3.05) is 53.2 Å². The van der Waals surface area contributed by atoms with Crippen LogP contribution in [0.15, 0.2) is 0 Å². The van der Waals surface area contributed by atoms with E-state index in [2.05, 4.69) is 10.6 Å². The largest absolute Gasteiger partial charge is 0.384 e. The predicted octanol–water partition coefficient (Wildman–Crippen LogP) is 0.294. The Morgan fingerprint density at radius 1 is 0.833 bits per heavy atom. The van der Waals surface area contributed by atoms with Crippen molar-refractivity contribution < 1.29 is 28.6 Å². The number of amides is 2. The molecule has 0 spiro atoms. The number of Topliss-reactive ketones (excluding diaryl/α,β-unsaturated/α-hetero) is 1. The molecule has 0 aromatic heterocycles. The molecule has 8 heteroatoms. The van der Waals surface area contributed by atoms with Crippen LogP contribution < -0.4 is 10.6 Å². The van der Waals surface area contributed by atoms with Gasteiger partial charge in [0.15, 0.2) is 5.78 Å². The van der Waals surface area contributed by atoms with Crippen LogP contribution in [0.1, 0.15) is 33.6 Å². The molecule has 2 N–H and O–H groups in total. The van der Waals surface area contributed by atoms with Crippen LogP contribution in [0, 0.1) is 0 Å². The number of carbonyl (C=O) groups excluding carboxylic acids is 3. The molecule has 0 aromatic carbocycles. The molecule has 0 fully saturated rings. The number of hydrogen-bond acceptors (Lipinski definition) is 6. The molecule has 0 aliphatic heterocycles. The van der Waals surface area contributed by atoms with E-state index < -0.39 is 0 Å². The number of methoxy groups -OCH3 is 1. The van der Waals surface area contributed by atoms with Crippen molar-refractivity contribution in [1.29, 1.82) is 0 Å². The minimum absolute atomic E-state index is 0.0298. The van der Waals surface area contributed by atoms with Crippen molar-refractivity contribution >= 4 is 17.6 Å². The number of rotatable bonds is 14. The first-order valence-electron chi connectivity index (χ1n) is 8.29. The zero-order chi connectivity index (χ0) is 18.6. The van der Waals surface area contributed by atoms with E-state index in [-0.39, 0.29) is 44.0 Å². The van der Waals surface area contributed by atoms with Crippen molar-refractivity contribution in [3.8, 4) is 0 Å². The normalized spacial score (nSPS) is 9.67. The van der Waals surface area contributed by atoms with Gasteiger partial charge in [-0.1, -0.05) is 20.8 Å². The van der Waals surface area contributed by atoms with Gasteiger partial charge in [0.25, 0.3) is 0 Å². The maximum absolute atomic E-state index is 11.4. The molecule has 24 heavy (non-hydrogen) atoms. The summed E-state index contributed by atoms with van der Waals surface area (Å²) < 4.78 is 15.0. The van der Waals surface area contributed by atoms with Gasteiger partial charge in [-0.05, 0) is 0 Å². The minimum Gasteiger partial charge on any atom is -0.384 e. The number of ether oxygens (including phenoxy) is 3. The first-order valence-corrected chi connectivity index (χ1v) is 8.29. The van der Waals surface area contributed by atoms with Crippen molar-refractivity contribution in [3.05, 3.63) is 0 Å². The Labute approximate surface area is 144 Å². The number of hydrogen-bond donors (Lipinski definition) is 2. The lowest BCUT2D eigenvalue weighted by molar-refractivity contribution is -0.126. The summed E-state index contributed by atoms with van der Waals surface area (Å²) in [5.41, 5.74) is 0. The average molecular weight is 348 g/mol. The van der Waals surface area contributed by atoms with Gasteiger partial charge in [-0.2, -0.15) is 0 Å². The molecule has 0 saturated carbocycles. The maximum Gasteiger partial charge on any atom is 0.246 e. The fourth-order valence-corrected chi connectivity index (χ4v) is 1.31. The van der Waals surface area contributed by atoms with Crippen LogP contribution in [0.3, 0.4) is 0 Å². The third-order valence-corrected chi connectivity index (χ3v) is 2.56. The van der Waals surface area contributed by atoms with E-state index in [0.717, 1.165) is 0 Å². The Morgan fingerprint density at radius 3 is 1.92 bits per heavy atom. The van der Waals surface area contributed by atoms with Crippen LogP contribution in [-0.2, 0) is 28.6 Å². The predicted molar refractivity (Wildman–Crippen MR) is 90.8 cm³/mol. The van der Waals surface area contributed by atoms with Gasteiger partial charge in [-0.25, -0.2) is 0 Å². The van der Waals surface area contributed by atoms with Gasteiger partial charge in [-0.15, -0.1) is 0 Å². The first-order chi connectivity index (χ1) is 11.6. The van der Waals surface area contributed by atoms with E-state index in [1.165, 1.54) is 7.11 Å². The topological polar surface area (TPSA) is 103 Å². The van der Waals surface area contributed by atoms with Crippen molar-refractivity contribution in [2.24, 2.45) is 0 Å². The lowest BCUT2D eigenvalue weighted by atomic mass is 10.3. The molecular formula is C16H32N2O6. The van der Waals surface area contributed by atoms with Crippen LogP contribution in [-0.4, -0.2) is 70.8 Å². The third kappa shape index (κ3) is 18.5. The SMILES string of the molecule is CC.CCC(=O)COCCNC(=O)COCCNC(=O)CCOC. The van der Waals surface area contributed by atoms with Crippen LogP contribution in [0.25, 0.3) is 0 Å². The average Bonchev–Trinajstić information content (AvgIpc) is 2.60. The lowest BCUT2D eigenvalue weighted by Crippen LogP contribution is -2.33. The van der Waals surface area contributed by atoms with Gasteiger partial charge in [0.05, 0.1) is 19.8 Å². The molecule has 0 rings (SSSR count). The van der Waals surface area contributed by atoms with E-state index in [4.69, 9.17) is 14.2 Å². The highest BCUT2D eigenvalue weighted by atomic mass is 16.5. The molecule has 0 saturated heterocycles. The summed E-state index contributed by atoms with van der Waals surface area (Å²) >= 11 is 0. The second kappa shape index (κ2) is 19.5. The molecule has 0 heterocycles. The summed E-state index contributed by atoms with van der Waals surface area (Å²) in [7, 11) is 1.53. The molecule has 0 aliphatic carbocycles. The summed E-state index contributed by atoms with van der Waals surface area (Å²) in [6, 6.07) is 0. The highest BCUT2D eigenvalue weighted by Crippen LogP contribution is 1.83. The van der Waals surface area contributed by atoms with E-state index >= 15 is 0 Å². The highest BCUT2D eigenvalue weighted by Gasteiger charge is 2.03. The van der Waals surface area contributed by atoms with Crippen molar-refractivity contribution in [1.82, 2.24) is 10.6 Å².